The molecule has 2 fully saturated rings. The first-order valence-electron chi connectivity index (χ1n) is 11.0. The molecule has 166 valence electrons. The van der Waals surface area contributed by atoms with E-state index in [9.17, 15) is 9.59 Å². The van der Waals surface area contributed by atoms with Crippen LogP contribution < -0.4 is 4.90 Å². The zero-order chi connectivity index (χ0) is 22.3. The first-order valence-corrected chi connectivity index (χ1v) is 11.0. The highest BCUT2D eigenvalue weighted by Gasteiger charge is 2.75. The lowest BCUT2D eigenvalue weighted by Gasteiger charge is -2.48. The van der Waals surface area contributed by atoms with Gasteiger partial charge in [-0.15, -0.1) is 6.58 Å². The number of hydrogen-bond acceptors (Lipinski definition) is 5. The van der Waals surface area contributed by atoms with Crippen LogP contribution in [-0.4, -0.2) is 30.8 Å². The summed E-state index contributed by atoms with van der Waals surface area (Å²) in [5, 5.41) is 0. The van der Waals surface area contributed by atoms with Gasteiger partial charge in [-0.3, -0.25) is 9.69 Å². The lowest BCUT2D eigenvalue weighted by atomic mass is 9.63. The molecule has 1 amide bonds. The van der Waals surface area contributed by atoms with Crippen LogP contribution in [0.25, 0.3) is 0 Å². The van der Waals surface area contributed by atoms with E-state index in [4.69, 9.17) is 14.2 Å². The standard InChI is InChI=1S/C26H27NO5/c1-3-14-26-20-11-7-8-12-22(20)27(24(29)30-2)25(26)15-13-19(16-21(25)23(28)32-26)31-17-18-9-5-4-6-10-18/h3-12,19,21H,1,13-17H2,2H3/t19-,21-,25+,26+/m0/s1. The van der Waals surface area contributed by atoms with Crippen LogP contribution in [0, 0.1) is 5.92 Å². The average Bonchev–Trinajstić information content (AvgIpc) is 3.20. The van der Waals surface area contributed by atoms with Crippen molar-refractivity contribution in [3.63, 3.8) is 0 Å². The van der Waals surface area contributed by atoms with Crippen molar-refractivity contribution >= 4 is 17.7 Å². The molecule has 2 heterocycles. The molecule has 0 aromatic heterocycles. The van der Waals surface area contributed by atoms with Gasteiger partial charge in [0.15, 0.2) is 5.60 Å². The second kappa shape index (κ2) is 7.78. The van der Waals surface area contributed by atoms with E-state index in [0.29, 0.717) is 32.3 Å². The molecule has 32 heavy (non-hydrogen) atoms. The van der Waals surface area contributed by atoms with Gasteiger partial charge in [-0.25, -0.2) is 4.79 Å². The summed E-state index contributed by atoms with van der Waals surface area (Å²) >= 11 is 0. The first kappa shape index (κ1) is 20.8. The lowest BCUT2D eigenvalue weighted by Crippen LogP contribution is -2.63. The largest absolute Gasteiger partial charge is 0.452 e. The zero-order valence-corrected chi connectivity index (χ0v) is 18.2. The van der Waals surface area contributed by atoms with Crippen LogP contribution in [0.5, 0.6) is 0 Å². The summed E-state index contributed by atoms with van der Waals surface area (Å²) in [6, 6.07) is 17.6. The highest BCUT2D eigenvalue weighted by atomic mass is 16.6. The predicted molar refractivity (Wildman–Crippen MR) is 119 cm³/mol. The number of anilines is 1. The third-order valence-corrected chi connectivity index (χ3v) is 7.28. The summed E-state index contributed by atoms with van der Waals surface area (Å²) in [6.45, 7) is 4.41. The fourth-order valence-corrected chi connectivity index (χ4v) is 6.02. The SMILES string of the molecule is C=CC[C@]12OC(=O)[C@@H]3C[C@@H](OCc4ccccc4)CC[C@@]31N(C(=O)OC)c1ccccc12. The fourth-order valence-electron chi connectivity index (χ4n) is 6.02. The van der Waals surface area contributed by atoms with Crippen LogP contribution >= 0.6 is 0 Å². The molecule has 0 radical (unpaired) electrons. The predicted octanol–water partition coefficient (Wildman–Crippen LogP) is 4.73. The van der Waals surface area contributed by atoms with Crippen LogP contribution in [0.3, 0.4) is 0 Å². The maximum Gasteiger partial charge on any atom is 0.414 e. The molecular formula is C26H27NO5. The van der Waals surface area contributed by atoms with E-state index in [2.05, 4.69) is 6.58 Å². The zero-order valence-electron chi connectivity index (χ0n) is 18.2. The van der Waals surface area contributed by atoms with Crippen molar-refractivity contribution in [2.45, 2.75) is 49.5 Å². The van der Waals surface area contributed by atoms with Gasteiger partial charge in [-0.2, -0.15) is 0 Å². The molecule has 2 aromatic carbocycles. The number of fused-ring (bicyclic) bond motifs is 2. The Labute approximate surface area is 187 Å². The molecule has 1 saturated carbocycles. The number of ether oxygens (including phenoxy) is 3. The molecule has 6 nitrogen and oxygen atoms in total. The van der Waals surface area contributed by atoms with Crippen molar-refractivity contribution in [1.82, 2.24) is 0 Å². The summed E-state index contributed by atoms with van der Waals surface area (Å²) < 4.78 is 17.6. The van der Waals surface area contributed by atoms with E-state index in [1.165, 1.54) is 7.11 Å². The van der Waals surface area contributed by atoms with Gasteiger partial charge in [-0.05, 0) is 30.9 Å². The summed E-state index contributed by atoms with van der Waals surface area (Å²) in [5.74, 6) is -0.799. The number of carbonyl (C=O) groups is 2. The third kappa shape index (κ3) is 2.75. The van der Waals surface area contributed by atoms with Crippen molar-refractivity contribution in [3.05, 3.63) is 78.4 Å². The number of para-hydroxylation sites is 1. The van der Waals surface area contributed by atoms with Crippen LogP contribution in [0.2, 0.25) is 0 Å². The molecule has 5 rings (SSSR count). The molecule has 3 aliphatic rings. The highest BCUT2D eigenvalue weighted by molar-refractivity contribution is 5.98. The van der Waals surface area contributed by atoms with Gasteiger partial charge in [0.1, 0.15) is 5.54 Å². The van der Waals surface area contributed by atoms with E-state index in [0.717, 1.165) is 16.8 Å². The van der Waals surface area contributed by atoms with Crippen molar-refractivity contribution < 1.29 is 23.8 Å². The Morgan fingerprint density at radius 3 is 2.72 bits per heavy atom. The van der Waals surface area contributed by atoms with Gasteiger partial charge in [0.05, 0.1) is 31.4 Å². The molecule has 0 N–H and O–H groups in total. The number of rotatable bonds is 5. The van der Waals surface area contributed by atoms with Gasteiger partial charge in [-0.1, -0.05) is 54.6 Å². The normalized spacial score (nSPS) is 30.2. The van der Waals surface area contributed by atoms with Crippen LogP contribution in [0.4, 0.5) is 10.5 Å². The topological polar surface area (TPSA) is 65.1 Å². The van der Waals surface area contributed by atoms with Gasteiger partial charge >= 0.3 is 12.1 Å². The minimum absolute atomic E-state index is 0.0962. The lowest BCUT2D eigenvalue weighted by molar-refractivity contribution is -0.152. The van der Waals surface area contributed by atoms with Gasteiger partial charge in [0, 0.05) is 12.0 Å². The Balaban J connectivity index is 1.53. The Morgan fingerprint density at radius 2 is 1.97 bits per heavy atom. The molecule has 0 bridgehead atoms. The Morgan fingerprint density at radius 1 is 1.22 bits per heavy atom. The second-order valence-corrected chi connectivity index (χ2v) is 8.73. The summed E-state index contributed by atoms with van der Waals surface area (Å²) in [5.41, 5.74) is 0.840. The molecule has 2 aliphatic heterocycles. The van der Waals surface area contributed by atoms with E-state index in [1.807, 2.05) is 54.6 Å². The summed E-state index contributed by atoms with van der Waals surface area (Å²) in [4.78, 5) is 28.1. The highest BCUT2D eigenvalue weighted by Crippen LogP contribution is 2.65. The van der Waals surface area contributed by atoms with Gasteiger partial charge < -0.3 is 14.2 Å². The van der Waals surface area contributed by atoms with Crippen molar-refractivity contribution in [2.24, 2.45) is 5.92 Å². The molecular weight excluding hydrogens is 406 g/mol. The third-order valence-electron chi connectivity index (χ3n) is 7.28. The smallest absolute Gasteiger partial charge is 0.414 e. The molecule has 1 saturated heterocycles. The number of esters is 1. The number of nitrogens with zero attached hydrogens (tertiary/aromatic N) is 1. The maximum absolute atomic E-state index is 13.3. The number of benzene rings is 2. The number of hydrogen-bond donors (Lipinski definition) is 0. The quantitative estimate of drug-likeness (QED) is 0.504. The van der Waals surface area contributed by atoms with E-state index >= 15 is 0 Å². The van der Waals surface area contributed by atoms with Crippen molar-refractivity contribution in [3.8, 4) is 0 Å². The number of carbonyl (C=O) groups excluding carboxylic acids is 2. The molecule has 1 spiro atoms. The average molecular weight is 434 g/mol. The number of methoxy groups -OCH3 is 1. The van der Waals surface area contributed by atoms with E-state index < -0.39 is 23.2 Å². The minimum atomic E-state index is -0.967. The molecule has 0 unspecified atom stereocenters. The second-order valence-electron chi connectivity index (χ2n) is 8.73. The van der Waals surface area contributed by atoms with Crippen LogP contribution in [-0.2, 0) is 31.2 Å². The molecule has 4 atom stereocenters. The fraction of sp³-hybridized carbons (Fsp3) is 0.385. The Hall–Kier alpha value is -3.12. The van der Waals surface area contributed by atoms with Crippen molar-refractivity contribution in [2.75, 3.05) is 12.0 Å². The Kier molecular flexibility index (Phi) is 5.05. The first-order chi connectivity index (χ1) is 15.6. The Bertz CT molecular complexity index is 1050. The van der Waals surface area contributed by atoms with E-state index in [1.54, 1.807) is 11.0 Å². The molecule has 1 aliphatic carbocycles. The van der Waals surface area contributed by atoms with Crippen molar-refractivity contribution in [1.29, 1.82) is 0 Å². The number of amides is 1. The maximum atomic E-state index is 13.3. The minimum Gasteiger partial charge on any atom is -0.452 e. The summed E-state index contributed by atoms with van der Waals surface area (Å²) in [6.07, 6.45) is 3.39. The van der Waals surface area contributed by atoms with E-state index in [-0.39, 0.29) is 12.1 Å². The van der Waals surface area contributed by atoms with Crippen LogP contribution in [0.1, 0.15) is 36.8 Å². The van der Waals surface area contributed by atoms with Crippen LogP contribution in [0.15, 0.2) is 67.3 Å². The van der Waals surface area contributed by atoms with Gasteiger partial charge in [0.2, 0.25) is 0 Å². The summed E-state index contributed by atoms with van der Waals surface area (Å²) in [7, 11) is 1.37. The monoisotopic (exact) mass is 433 g/mol. The molecule has 2 aromatic rings. The molecule has 6 heteroatoms. The van der Waals surface area contributed by atoms with Gasteiger partial charge in [0.25, 0.3) is 0 Å².